The van der Waals surface area contributed by atoms with E-state index in [1.807, 2.05) is 19.1 Å². The zero-order chi connectivity index (χ0) is 18.0. The number of aliphatic hydroxyl groups excluding tert-OH is 1. The van der Waals surface area contributed by atoms with E-state index in [0.29, 0.717) is 27.9 Å². The Hall–Kier alpha value is -2.45. The van der Waals surface area contributed by atoms with Gasteiger partial charge in [0, 0.05) is 23.4 Å². The molecule has 0 saturated carbocycles. The maximum atomic E-state index is 12.7. The molecule has 0 aliphatic rings. The summed E-state index contributed by atoms with van der Waals surface area (Å²) in [7, 11) is 1.74. The number of benzene rings is 1. The molecule has 2 aromatic heterocycles. The number of aliphatic hydroxyl groups is 1. The van der Waals surface area contributed by atoms with Crippen LogP contribution in [0.2, 0.25) is 0 Å². The molecule has 132 valence electrons. The summed E-state index contributed by atoms with van der Waals surface area (Å²) in [5.74, 6) is 1.47. The number of aromatic amines is 1. The summed E-state index contributed by atoms with van der Waals surface area (Å²) < 4.78 is 23.2. The number of nitrogens with one attached hydrogen (secondary N) is 1. The van der Waals surface area contributed by atoms with Gasteiger partial charge in [-0.3, -0.25) is 9.19 Å². The number of nitrogens with zero attached hydrogens (tertiary/aromatic N) is 2. The molecule has 0 aliphatic carbocycles. The van der Waals surface area contributed by atoms with Crippen LogP contribution in [0.3, 0.4) is 0 Å². The maximum absolute atomic E-state index is 12.7. The fraction of sp³-hybridized carbons (Fsp3) is 0.294. The minimum absolute atomic E-state index is 0.161. The first-order chi connectivity index (χ1) is 12.1. The summed E-state index contributed by atoms with van der Waals surface area (Å²) in [6.07, 6.45) is 1.54. The largest absolute Gasteiger partial charge is 0.497 e. The van der Waals surface area contributed by atoms with Crippen LogP contribution < -0.4 is 9.47 Å². The number of fused-ring (bicyclic) bond motifs is 1. The highest BCUT2D eigenvalue weighted by molar-refractivity contribution is 7.84. The molecule has 0 bridgehead atoms. The van der Waals surface area contributed by atoms with Crippen molar-refractivity contribution in [3.63, 3.8) is 0 Å². The Morgan fingerprint density at radius 2 is 2.08 bits per heavy atom. The van der Waals surface area contributed by atoms with Crippen molar-refractivity contribution in [2.75, 3.05) is 14.2 Å². The summed E-state index contributed by atoms with van der Waals surface area (Å²) in [6.45, 7) is 1.67. The second kappa shape index (κ2) is 7.20. The number of rotatable bonds is 6. The van der Waals surface area contributed by atoms with Crippen LogP contribution in [0.15, 0.2) is 29.6 Å². The highest BCUT2D eigenvalue weighted by atomic mass is 32.2. The Labute approximate surface area is 147 Å². The van der Waals surface area contributed by atoms with E-state index in [4.69, 9.17) is 9.47 Å². The summed E-state index contributed by atoms with van der Waals surface area (Å²) in [5.41, 5.74) is 3.50. The molecule has 7 nitrogen and oxygen atoms in total. The number of H-pyrrole nitrogens is 1. The summed E-state index contributed by atoms with van der Waals surface area (Å²) >= 11 is 0. The molecular weight excluding hydrogens is 342 g/mol. The van der Waals surface area contributed by atoms with E-state index in [-0.39, 0.29) is 12.4 Å². The second-order valence-electron chi connectivity index (χ2n) is 5.46. The van der Waals surface area contributed by atoms with Crippen LogP contribution in [-0.4, -0.2) is 38.5 Å². The zero-order valence-electron chi connectivity index (χ0n) is 14.2. The van der Waals surface area contributed by atoms with Gasteiger partial charge in [-0.2, -0.15) is 0 Å². The van der Waals surface area contributed by atoms with E-state index in [2.05, 4.69) is 15.0 Å². The van der Waals surface area contributed by atoms with Crippen LogP contribution in [-0.2, 0) is 23.2 Å². The fourth-order valence-electron chi connectivity index (χ4n) is 2.62. The lowest BCUT2D eigenvalue weighted by molar-refractivity contribution is 0.272. The quantitative estimate of drug-likeness (QED) is 0.698. The number of pyridine rings is 1. The normalized spacial score (nSPS) is 12.3. The number of hydrogen-bond acceptors (Lipinski definition) is 6. The molecule has 0 amide bonds. The molecule has 0 saturated heterocycles. The van der Waals surface area contributed by atoms with Crippen LogP contribution in [0.4, 0.5) is 0 Å². The van der Waals surface area contributed by atoms with E-state index in [1.165, 1.54) is 7.11 Å². The van der Waals surface area contributed by atoms with Crippen LogP contribution >= 0.6 is 0 Å². The minimum Gasteiger partial charge on any atom is -0.497 e. The number of methoxy groups -OCH3 is 2. The fourth-order valence-corrected chi connectivity index (χ4v) is 3.72. The first-order valence-corrected chi connectivity index (χ1v) is 8.93. The topological polar surface area (TPSA) is 97.3 Å². The van der Waals surface area contributed by atoms with Gasteiger partial charge >= 0.3 is 0 Å². The molecule has 0 spiro atoms. The Morgan fingerprint density at radius 1 is 1.28 bits per heavy atom. The summed E-state index contributed by atoms with van der Waals surface area (Å²) in [6, 6.07) is 5.43. The van der Waals surface area contributed by atoms with Crippen LogP contribution in [0.5, 0.6) is 11.5 Å². The first kappa shape index (κ1) is 17.4. The molecular formula is C17H19N3O4S. The monoisotopic (exact) mass is 361 g/mol. The standard InChI is InChI=1S/C17H19N3O4S/c1-10-15(18-7-11(8-21)16(10)24-3)9-25(22)17-19-13-5-4-12(23-2)6-14(13)20-17/h4-7,21H,8-9H2,1-3H3,(H,19,20)/t25-/m0/s1. The van der Waals surface area contributed by atoms with E-state index < -0.39 is 10.8 Å². The van der Waals surface area contributed by atoms with Gasteiger partial charge in [-0.15, -0.1) is 0 Å². The van der Waals surface area contributed by atoms with Gasteiger partial charge in [-0.25, -0.2) is 4.98 Å². The molecule has 3 aromatic rings. The lowest BCUT2D eigenvalue weighted by atomic mass is 10.1. The van der Waals surface area contributed by atoms with E-state index >= 15 is 0 Å². The smallest absolute Gasteiger partial charge is 0.197 e. The predicted octanol–water partition coefficient (Wildman–Crippen LogP) is 2.08. The molecule has 0 radical (unpaired) electrons. The Morgan fingerprint density at radius 3 is 2.76 bits per heavy atom. The molecule has 0 fully saturated rings. The maximum Gasteiger partial charge on any atom is 0.197 e. The first-order valence-electron chi connectivity index (χ1n) is 7.61. The van der Waals surface area contributed by atoms with Crippen molar-refractivity contribution in [1.82, 2.24) is 15.0 Å². The summed E-state index contributed by atoms with van der Waals surface area (Å²) in [4.78, 5) is 11.8. The van der Waals surface area contributed by atoms with Crippen molar-refractivity contribution in [3.05, 3.63) is 41.2 Å². The summed E-state index contributed by atoms with van der Waals surface area (Å²) in [5, 5.41) is 9.73. The highest BCUT2D eigenvalue weighted by Crippen LogP contribution is 2.27. The SMILES string of the molecule is COc1ccc2nc([S@@](=O)Cc3ncc(CO)c(OC)c3C)[nH]c2c1. The van der Waals surface area contributed by atoms with Gasteiger partial charge in [0.15, 0.2) is 5.16 Å². The van der Waals surface area contributed by atoms with Crippen LogP contribution in [0.1, 0.15) is 16.8 Å². The third-order valence-corrected chi connectivity index (χ3v) is 5.13. The van der Waals surface area contributed by atoms with Gasteiger partial charge in [-0.1, -0.05) is 0 Å². The average molecular weight is 361 g/mol. The molecule has 0 unspecified atom stereocenters. The lowest BCUT2D eigenvalue weighted by Gasteiger charge is -2.12. The van der Waals surface area contributed by atoms with Gasteiger partial charge in [0.05, 0.1) is 54.1 Å². The van der Waals surface area contributed by atoms with E-state index in [1.54, 1.807) is 19.4 Å². The van der Waals surface area contributed by atoms with Crippen molar-refractivity contribution in [1.29, 1.82) is 0 Å². The van der Waals surface area contributed by atoms with Gasteiger partial charge in [0.25, 0.3) is 0 Å². The number of ether oxygens (including phenoxy) is 2. The van der Waals surface area contributed by atoms with E-state index in [9.17, 15) is 9.32 Å². The molecule has 8 heteroatoms. The number of imidazole rings is 1. The molecule has 0 aliphatic heterocycles. The average Bonchev–Trinajstić information content (AvgIpc) is 3.06. The molecule has 25 heavy (non-hydrogen) atoms. The Balaban J connectivity index is 1.90. The molecule has 2 heterocycles. The van der Waals surface area contributed by atoms with Crippen molar-refractivity contribution in [2.45, 2.75) is 24.4 Å². The number of aromatic nitrogens is 3. The van der Waals surface area contributed by atoms with Gasteiger partial charge < -0.3 is 19.6 Å². The van der Waals surface area contributed by atoms with Gasteiger partial charge in [0.1, 0.15) is 11.5 Å². The third kappa shape index (κ3) is 3.35. The van der Waals surface area contributed by atoms with Crippen molar-refractivity contribution < 1.29 is 18.8 Å². The van der Waals surface area contributed by atoms with Gasteiger partial charge in [-0.05, 0) is 19.1 Å². The van der Waals surface area contributed by atoms with E-state index in [0.717, 1.165) is 16.6 Å². The third-order valence-electron chi connectivity index (χ3n) is 3.97. The number of hydrogen-bond donors (Lipinski definition) is 2. The molecule has 1 atom stereocenters. The highest BCUT2D eigenvalue weighted by Gasteiger charge is 2.17. The van der Waals surface area contributed by atoms with Gasteiger partial charge in [0.2, 0.25) is 0 Å². The molecule has 1 aromatic carbocycles. The molecule has 2 N–H and O–H groups in total. The Bertz CT molecular complexity index is 939. The second-order valence-corrected chi connectivity index (χ2v) is 6.83. The van der Waals surface area contributed by atoms with Crippen LogP contribution in [0, 0.1) is 6.92 Å². The predicted molar refractivity (Wildman–Crippen MR) is 94.2 cm³/mol. The van der Waals surface area contributed by atoms with Crippen LogP contribution in [0.25, 0.3) is 11.0 Å². The Kier molecular flexibility index (Phi) is 5.00. The lowest BCUT2D eigenvalue weighted by Crippen LogP contribution is -2.06. The molecule has 3 rings (SSSR count). The zero-order valence-corrected chi connectivity index (χ0v) is 15.0. The minimum atomic E-state index is -1.39. The van der Waals surface area contributed by atoms with Crippen molar-refractivity contribution in [2.24, 2.45) is 0 Å². The van der Waals surface area contributed by atoms with Crippen molar-refractivity contribution in [3.8, 4) is 11.5 Å². The van der Waals surface area contributed by atoms with Crippen molar-refractivity contribution >= 4 is 21.8 Å².